The second kappa shape index (κ2) is 8.25. The predicted octanol–water partition coefficient (Wildman–Crippen LogP) is 2.02. The van der Waals surface area contributed by atoms with Gasteiger partial charge in [-0.05, 0) is 32.4 Å². The number of rotatable bonds is 7. The summed E-state index contributed by atoms with van der Waals surface area (Å²) in [7, 11) is 2.12. The summed E-state index contributed by atoms with van der Waals surface area (Å²) in [4.78, 5) is 2.28. The van der Waals surface area contributed by atoms with Gasteiger partial charge in [-0.2, -0.15) is 0 Å². The maximum Gasteiger partial charge on any atom is 0.123 e. The quantitative estimate of drug-likeness (QED) is 0.829. The molecule has 1 aromatic rings. The Morgan fingerprint density at radius 2 is 2.20 bits per heavy atom. The van der Waals surface area contributed by atoms with Crippen molar-refractivity contribution in [1.29, 1.82) is 0 Å². The van der Waals surface area contributed by atoms with Crippen molar-refractivity contribution in [2.24, 2.45) is 5.73 Å². The van der Waals surface area contributed by atoms with Crippen LogP contribution in [0, 0.1) is 0 Å². The first kappa shape index (κ1) is 15.3. The highest BCUT2D eigenvalue weighted by Crippen LogP contribution is 2.17. The molecule has 0 amide bonds. The van der Waals surface area contributed by atoms with Gasteiger partial charge in [0.15, 0.2) is 0 Å². The van der Waals surface area contributed by atoms with E-state index in [2.05, 4.69) is 11.9 Å². The SMILES string of the molecule is CN(CCOc1ccccc1CN)CC1CCCCO1. The topological polar surface area (TPSA) is 47.7 Å². The minimum atomic E-state index is 0.394. The van der Waals surface area contributed by atoms with Crippen molar-refractivity contribution in [3.63, 3.8) is 0 Å². The molecule has 0 spiro atoms. The summed E-state index contributed by atoms with van der Waals surface area (Å²) in [6.07, 6.45) is 4.07. The fraction of sp³-hybridized carbons (Fsp3) is 0.625. The molecule has 0 aliphatic carbocycles. The number of benzene rings is 1. The van der Waals surface area contributed by atoms with Crippen LogP contribution >= 0.6 is 0 Å². The van der Waals surface area contributed by atoms with Crippen LogP contribution in [0.15, 0.2) is 24.3 Å². The maximum absolute atomic E-state index is 5.83. The standard InChI is InChI=1S/C16H26N2O2/c1-18(13-15-7-4-5-10-19-15)9-11-20-16-8-3-2-6-14(16)12-17/h2-3,6,8,15H,4-5,7,9-13,17H2,1H3. The molecule has 4 nitrogen and oxygen atoms in total. The zero-order chi connectivity index (χ0) is 14.2. The van der Waals surface area contributed by atoms with Gasteiger partial charge in [0, 0.05) is 31.8 Å². The molecule has 1 unspecified atom stereocenters. The molecular weight excluding hydrogens is 252 g/mol. The molecule has 2 N–H and O–H groups in total. The van der Waals surface area contributed by atoms with Crippen molar-refractivity contribution >= 4 is 0 Å². The lowest BCUT2D eigenvalue weighted by atomic mass is 10.1. The van der Waals surface area contributed by atoms with Crippen molar-refractivity contribution in [1.82, 2.24) is 4.90 Å². The van der Waals surface area contributed by atoms with E-state index in [1.807, 2.05) is 24.3 Å². The van der Waals surface area contributed by atoms with Gasteiger partial charge in [0.25, 0.3) is 0 Å². The Kier molecular flexibility index (Phi) is 6.30. The van der Waals surface area contributed by atoms with Crippen LogP contribution in [-0.2, 0) is 11.3 Å². The normalized spacial score (nSPS) is 19.2. The van der Waals surface area contributed by atoms with Gasteiger partial charge in [0.05, 0.1) is 6.10 Å². The van der Waals surface area contributed by atoms with E-state index in [-0.39, 0.29) is 0 Å². The van der Waals surface area contributed by atoms with Gasteiger partial charge in [0.2, 0.25) is 0 Å². The van der Waals surface area contributed by atoms with Crippen LogP contribution < -0.4 is 10.5 Å². The molecule has 0 aromatic heterocycles. The highest BCUT2D eigenvalue weighted by molar-refractivity contribution is 5.32. The summed E-state index contributed by atoms with van der Waals surface area (Å²) in [5, 5.41) is 0. The van der Waals surface area contributed by atoms with E-state index in [1.54, 1.807) is 0 Å². The van der Waals surface area contributed by atoms with Crippen molar-refractivity contribution in [2.45, 2.75) is 31.9 Å². The van der Waals surface area contributed by atoms with E-state index >= 15 is 0 Å². The van der Waals surface area contributed by atoms with E-state index in [1.165, 1.54) is 19.3 Å². The number of likely N-dealkylation sites (N-methyl/N-ethyl adjacent to an activating group) is 1. The van der Waals surface area contributed by atoms with Gasteiger partial charge in [0.1, 0.15) is 12.4 Å². The molecule has 2 rings (SSSR count). The second-order valence-corrected chi connectivity index (χ2v) is 5.41. The Hall–Kier alpha value is -1.10. The van der Waals surface area contributed by atoms with E-state index in [0.29, 0.717) is 19.3 Å². The summed E-state index contributed by atoms with van der Waals surface area (Å²) in [6.45, 7) is 4.00. The van der Waals surface area contributed by atoms with E-state index in [4.69, 9.17) is 15.2 Å². The maximum atomic E-state index is 5.83. The lowest BCUT2D eigenvalue weighted by Gasteiger charge is -2.27. The minimum absolute atomic E-state index is 0.394. The average molecular weight is 278 g/mol. The molecule has 4 heteroatoms. The average Bonchev–Trinajstić information content (AvgIpc) is 2.49. The van der Waals surface area contributed by atoms with Crippen LogP contribution in [0.3, 0.4) is 0 Å². The van der Waals surface area contributed by atoms with Gasteiger partial charge in [-0.1, -0.05) is 18.2 Å². The Morgan fingerprint density at radius 3 is 2.95 bits per heavy atom. The third-order valence-electron chi connectivity index (χ3n) is 3.71. The molecule has 20 heavy (non-hydrogen) atoms. The first-order valence-electron chi connectivity index (χ1n) is 7.50. The molecule has 1 aliphatic rings. The summed E-state index contributed by atoms with van der Waals surface area (Å²) in [5.74, 6) is 0.900. The first-order chi connectivity index (χ1) is 9.79. The Morgan fingerprint density at radius 1 is 1.35 bits per heavy atom. The number of para-hydroxylation sites is 1. The summed E-state index contributed by atoms with van der Waals surface area (Å²) in [5.41, 5.74) is 6.76. The highest BCUT2D eigenvalue weighted by atomic mass is 16.5. The summed E-state index contributed by atoms with van der Waals surface area (Å²) in [6, 6.07) is 7.96. The highest BCUT2D eigenvalue weighted by Gasteiger charge is 2.15. The Balaban J connectivity index is 1.69. The minimum Gasteiger partial charge on any atom is -0.492 e. The van der Waals surface area contributed by atoms with Crippen molar-refractivity contribution < 1.29 is 9.47 Å². The van der Waals surface area contributed by atoms with Gasteiger partial charge >= 0.3 is 0 Å². The molecule has 1 heterocycles. The largest absolute Gasteiger partial charge is 0.492 e. The van der Waals surface area contributed by atoms with Crippen molar-refractivity contribution in [2.75, 3.05) is 33.4 Å². The molecule has 0 radical (unpaired) electrons. The molecule has 1 fully saturated rings. The summed E-state index contributed by atoms with van der Waals surface area (Å²) >= 11 is 0. The van der Waals surface area contributed by atoms with Crippen LogP contribution in [0.25, 0.3) is 0 Å². The third kappa shape index (κ3) is 4.78. The van der Waals surface area contributed by atoms with E-state index in [0.717, 1.165) is 31.0 Å². The van der Waals surface area contributed by atoms with Gasteiger partial charge in [-0.15, -0.1) is 0 Å². The number of hydrogen-bond donors (Lipinski definition) is 1. The van der Waals surface area contributed by atoms with Crippen LogP contribution in [0.1, 0.15) is 24.8 Å². The van der Waals surface area contributed by atoms with Gasteiger partial charge in [-0.25, -0.2) is 0 Å². The molecule has 0 bridgehead atoms. The molecule has 1 aromatic carbocycles. The lowest BCUT2D eigenvalue weighted by molar-refractivity contribution is -0.00284. The third-order valence-corrected chi connectivity index (χ3v) is 3.71. The number of nitrogens with two attached hydrogens (primary N) is 1. The van der Waals surface area contributed by atoms with E-state index in [9.17, 15) is 0 Å². The predicted molar refractivity (Wildman–Crippen MR) is 80.9 cm³/mol. The molecular formula is C16H26N2O2. The number of nitrogens with zero attached hydrogens (tertiary/aromatic N) is 1. The van der Waals surface area contributed by atoms with Gasteiger partial charge in [-0.3, -0.25) is 0 Å². The second-order valence-electron chi connectivity index (χ2n) is 5.41. The van der Waals surface area contributed by atoms with Crippen LogP contribution in [0.2, 0.25) is 0 Å². The van der Waals surface area contributed by atoms with Gasteiger partial charge < -0.3 is 20.1 Å². The van der Waals surface area contributed by atoms with Crippen LogP contribution in [0.5, 0.6) is 5.75 Å². The van der Waals surface area contributed by atoms with Crippen molar-refractivity contribution in [3.05, 3.63) is 29.8 Å². The zero-order valence-corrected chi connectivity index (χ0v) is 12.4. The number of ether oxygens (including phenoxy) is 2. The summed E-state index contributed by atoms with van der Waals surface area (Å²) < 4.78 is 11.6. The van der Waals surface area contributed by atoms with E-state index < -0.39 is 0 Å². The fourth-order valence-electron chi connectivity index (χ4n) is 2.52. The Bertz CT molecular complexity index is 392. The molecule has 1 saturated heterocycles. The smallest absolute Gasteiger partial charge is 0.123 e. The molecule has 1 aliphatic heterocycles. The Labute approximate surface area is 121 Å². The zero-order valence-electron chi connectivity index (χ0n) is 12.4. The lowest BCUT2D eigenvalue weighted by Crippen LogP contribution is -2.35. The first-order valence-corrected chi connectivity index (χ1v) is 7.50. The fourth-order valence-corrected chi connectivity index (χ4v) is 2.52. The van der Waals surface area contributed by atoms with Crippen LogP contribution in [0.4, 0.5) is 0 Å². The van der Waals surface area contributed by atoms with Crippen molar-refractivity contribution in [3.8, 4) is 5.75 Å². The molecule has 1 atom stereocenters. The van der Waals surface area contributed by atoms with Crippen LogP contribution in [-0.4, -0.2) is 44.4 Å². The monoisotopic (exact) mass is 278 g/mol. The number of hydrogen-bond acceptors (Lipinski definition) is 4. The molecule has 112 valence electrons. The molecule has 0 saturated carbocycles.